The second-order valence-electron chi connectivity index (χ2n) is 4.94. The minimum Gasteiger partial charge on any atom is -0.394 e. The lowest BCUT2D eigenvalue weighted by atomic mass is 9.82. The maximum absolute atomic E-state index is 13.5. The first-order valence-corrected chi connectivity index (χ1v) is 6.35. The minimum absolute atomic E-state index is 0.140. The summed E-state index contributed by atoms with van der Waals surface area (Å²) in [5, 5.41) is 12.9. The average molecular weight is 237 g/mol. The molecule has 1 fully saturated rings. The molecule has 0 aliphatic heterocycles. The zero-order valence-corrected chi connectivity index (χ0v) is 10.1. The third-order valence-corrected chi connectivity index (χ3v) is 3.73. The first-order chi connectivity index (χ1) is 8.26. The number of aliphatic hydroxyl groups is 1. The molecule has 2 N–H and O–H groups in total. The number of nitrogens with one attached hydrogen (secondary N) is 1. The maximum atomic E-state index is 13.5. The molecule has 0 bridgehead atoms. The van der Waals surface area contributed by atoms with Crippen molar-refractivity contribution < 1.29 is 9.50 Å². The first-order valence-electron chi connectivity index (χ1n) is 6.35. The van der Waals surface area contributed by atoms with E-state index in [1.54, 1.807) is 12.1 Å². The van der Waals surface area contributed by atoms with E-state index in [1.165, 1.54) is 12.5 Å². The van der Waals surface area contributed by atoms with E-state index in [9.17, 15) is 9.50 Å². The Bertz CT molecular complexity index is 361. The molecule has 0 atom stereocenters. The third-order valence-electron chi connectivity index (χ3n) is 3.73. The van der Waals surface area contributed by atoms with Crippen molar-refractivity contribution in [2.45, 2.75) is 44.2 Å². The van der Waals surface area contributed by atoms with Crippen molar-refractivity contribution in [1.82, 2.24) is 5.32 Å². The zero-order chi connectivity index (χ0) is 12.1. The second-order valence-corrected chi connectivity index (χ2v) is 4.94. The maximum Gasteiger partial charge on any atom is 0.127 e. The standard InChI is InChI=1S/C14H20FNO/c15-13-7-3-2-6-12(13)10-16-14(11-17)8-4-1-5-9-14/h2-3,6-7,16-17H,1,4-5,8-11H2. The topological polar surface area (TPSA) is 32.3 Å². The fraction of sp³-hybridized carbons (Fsp3) is 0.571. The molecule has 3 heteroatoms. The van der Waals surface area contributed by atoms with E-state index in [1.807, 2.05) is 6.07 Å². The number of halogens is 1. The van der Waals surface area contributed by atoms with E-state index in [0.29, 0.717) is 12.1 Å². The van der Waals surface area contributed by atoms with Crippen LogP contribution in [0.25, 0.3) is 0 Å². The van der Waals surface area contributed by atoms with E-state index in [2.05, 4.69) is 5.32 Å². The van der Waals surface area contributed by atoms with Gasteiger partial charge in [-0.25, -0.2) is 4.39 Å². The van der Waals surface area contributed by atoms with Gasteiger partial charge in [0.2, 0.25) is 0 Å². The molecule has 1 saturated carbocycles. The fourth-order valence-corrected chi connectivity index (χ4v) is 2.54. The van der Waals surface area contributed by atoms with Crippen molar-refractivity contribution in [2.24, 2.45) is 0 Å². The first kappa shape index (κ1) is 12.5. The zero-order valence-electron chi connectivity index (χ0n) is 10.1. The summed E-state index contributed by atoms with van der Waals surface area (Å²) >= 11 is 0. The van der Waals surface area contributed by atoms with Gasteiger partial charge in [0.1, 0.15) is 5.82 Å². The molecule has 0 aromatic heterocycles. The highest BCUT2D eigenvalue weighted by atomic mass is 19.1. The van der Waals surface area contributed by atoms with Crippen molar-refractivity contribution >= 4 is 0 Å². The Hall–Kier alpha value is -0.930. The van der Waals surface area contributed by atoms with E-state index < -0.39 is 0 Å². The molecule has 1 aliphatic rings. The fourth-order valence-electron chi connectivity index (χ4n) is 2.54. The Morgan fingerprint density at radius 2 is 1.88 bits per heavy atom. The molecular formula is C14H20FNO. The quantitative estimate of drug-likeness (QED) is 0.843. The van der Waals surface area contributed by atoms with Gasteiger partial charge in [-0.05, 0) is 18.9 Å². The van der Waals surface area contributed by atoms with Crippen LogP contribution in [0.3, 0.4) is 0 Å². The van der Waals surface area contributed by atoms with Crippen LogP contribution in [0.1, 0.15) is 37.7 Å². The van der Waals surface area contributed by atoms with Crippen molar-refractivity contribution in [3.63, 3.8) is 0 Å². The third kappa shape index (κ3) is 3.05. The van der Waals surface area contributed by atoms with Crippen LogP contribution in [0.4, 0.5) is 4.39 Å². The van der Waals surface area contributed by atoms with Gasteiger partial charge >= 0.3 is 0 Å². The van der Waals surface area contributed by atoms with Gasteiger partial charge in [-0.15, -0.1) is 0 Å². The van der Waals surface area contributed by atoms with Gasteiger partial charge < -0.3 is 10.4 Å². The van der Waals surface area contributed by atoms with Crippen LogP contribution in [-0.4, -0.2) is 17.3 Å². The molecule has 1 aliphatic carbocycles. The lowest BCUT2D eigenvalue weighted by molar-refractivity contribution is 0.119. The summed E-state index contributed by atoms with van der Waals surface area (Å²) in [7, 11) is 0. The predicted octanol–water partition coefficient (Wildman–Crippen LogP) is 2.61. The Labute approximate surface area is 102 Å². The normalized spacial score (nSPS) is 19.2. The molecule has 0 amide bonds. The summed E-state index contributed by atoms with van der Waals surface area (Å²) in [6.45, 7) is 0.634. The molecule has 94 valence electrons. The van der Waals surface area contributed by atoms with Gasteiger partial charge in [-0.1, -0.05) is 37.5 Å². The lowest BCUT2D eigenvalue weighted by Gasteiger charge is -2.36. The molecule has 1 aromatic carbocycles. The number of benzene rings is 1. The molecule has 0 unspecified atom stereocenters. The van der Waals surface area contributed by atoms with Crippen LogP contribution in [0, 0.1) is 5.82 Å². The summed E-state index contributed by atoms with van der Waals surface area (Å²) in [5.74, 6) is -0.177. The van der Waals surface area contributed by atoms with Gasteiger partial charge in [-0.3, -0.25) is 0 Å². The largest absolute Gasteiger partial charge is 0.394 e. The van der Waals surface area contributed by atoms with Crippen molar-refractivity contribution in [3.05, 3.63) is 35.6 Å². The van der Waals surface area contributed by atoms with E-state index in [4.69, 9.17) is 0 Å². The van der Waals surface area contributed by atoms with Crippen LogP contribution in [0.5, 0.6) is 0 Å². The molecule has 17 heavy (non-hydrogen) atoms. The SMILES string of the molecule is OCC1(NCc2ccccc2F)CCCCC1. The van der Waals surface area contributed by atoms with Crippen molar-refractivity contribution in [3.8, 4) is 0 Å². The van der Waals surface area contributed by atoms with Gasteiger partial charge in [-0.2, -0.15) is 0 Å². The summed E-state index contributed by atoms with van der Waals surface area (Å²) in [5.41, 5.74) is 0.478. The molecule has 0 radical (unpaired) electrons. The van der Waals surface area contributed by atoms with Gasteiger partial charge in [0, 0.05) is 17.6 Å². The average Bonchev–Trinajstić information content (AvgIpc) is 2.39. The Morgan fingerprint density at radius 3 is 2.53 bits per heavy atom. The highest BCUT2D eigenvalue weighted by Gasteiger charge is 2.30. The molecular weight excluding hydrogens is 217 g/mol. The number of hydrogen-bond donors (Lipinski definition) is 2. The molecule has 2 rings (SSSR count). The molecule has 0 spiro atoms. The lowest BCUT2D eigenvalue weighted by Crippen LogP contribution is -2.49. The summed E-state index contributed by atoms with van der Waals surface area (Å²) in [6.07, 6.45) is 5.49. The minimum atomic E-state index is -0.194. The molecule has 0 heterocycles. The predicted molar refractivity (Wildman–Crippen MR) is 66.1 cm³/mol. The highest BCUT2D eigenvalue weighted by molar-refractivity contribution is 5.17. The second kappa shape index (κ2) is 5.61. The van der Waals surface area contributed by atoms with Crippen LogP contribution in [-0.2, 0) is 6.54 Å². The monoisotopic (exact) mass is 237 g/mol. The smallest absolute Gasteiger partial charge is 0.127 e. The summed E-state index contributed by atoms with van der Waals surface area (Å²) in [6, 6.07) is 6.80. The number of aliphatic hydroxyl groups excluding tert-OH is 1. The number of hydrogen-bond acceptors (Lipinski definition) is 2. The Balaban J connectivity index is 1.98. The molecule has 0 saturated heterocycles. The van der Waals surface area contributed by atoms with Gasteiger partial charge in [0.15, 0.2) is 0 Å². The van der Waals surface area contributed by atoms with E-state index in [-0.39, 0.29) is 18.0 Å². The highest BCUT2D eigenvalue weighted by Crippen LogP contribution is 2.28. The van der Waals surface area contributed by atoms with Gasteiger partial charge in [0.05, 0.1) is 6.61 Å². The van der Waals surface area contributed by atoms with Gasteiger partial charge in [0.25, 0.3) is 0 Å². The van der Waals surface area contributed by atoms with Crippen LogP contribution >= 0.6 is 0 Å². The van der Waals surface area contributed by atoms with E-state index in [0.717, 1.165) is 25.7 Å². The Kier molecular flexibility index (Phi) is 4.13. The van der Waals surface area contributed by atoms with Crippen LogP contribution in [0.2, 0.25) is 0 Å². The molecule has 2 nitrogen and oxygen atoms in total. The number of rotatable bonds is 4. The van der Waals surface area contributed by atoms with E-state index >= 15 is 0 Å². The van der Waals surface area contributed by atoms with Crippen molar-refractivity contribution in [1.29, 1.82) is 0 Å². The van der Waals surface area contributed by atoms with Crippen LogP contribution in [0.15, 0.2) is 24.3 Å². The van der Waals surface area contributed by atoms with Crippen LogP contribution < -0.4 is 5.32 Å². The summed E-state index contributed by atoms with van der Waals surface area (Å²) < 4.78 is 13.5. The Morgan fingerprint density at radius 1 is 1.18 bits per heavy atom. The summed E-state index contributed by atoms with van der Waals surface area (Å²) in [4.78, 5) is 0. The molecule has 1 aromatic rings. The van der Waals surface area contributed by atoms with Crippen molar-refractivity contribution in [2.75, 3.05) is 6.61 Å².